The Kier molecular flexibility index (Phi) is 9.17. The van der Waals surface area contributed by atoms with E-state index < -0.39 is 0 Å². The molecule has 0 unspecified atom stereocenters. The lowest BCUT2D eigenvalue weighted by molar-refractivity contribution is 1.17. The predicted octanol–water partition coefficient (Wildman–Crippen LogP) is 4.58. The Bertz CT molecular complexity index is 259. The van der Waals surface area contributed by atoms with Gasteiger partial charge < -0.3 is 0 Å². The normalized spacial score (nSPS) is 9.54. The summed E-state index contributed by atoms with van der Waals surface area (Å²) in [5.74, 6) is 0. The Morgan fingerprint density at radius 3 is 2.62 bits per heavy atom. The van der Waals surface area contributed by atoms with Crippen LogP contribution in [-0.2, 0) is 0 Å². The number of aryl methyl sites for hydroxylation is 1. The van der Waals surface area contributed by atoms with E-state index in [9.17, 15) is 0 Å². The van der Waals surface area contributed by atoms with E-state index in [1.54, 1.807) is 0 Å². The van der Waals surface area contributed by atoms with E-state index in [0.717, 1.165) is 17.8 Å². The summed E-state index contributed by atoms with van der Waals surface area (Å²) in [5.41, 5.74) is 2.12. The highest BCUT2D eigenvalue weighted by molar-refractivity contribution is 15.0. The molecule has 1 nitrogen and oxygen atoms in total. The standard InChI is InChI=1S/C10H13N.I2/c1-3-4-7-10-8-5-6-9(2)11-10;1-2/h4-8H,3H2,1-2H3;/b7-4+;. The number of rotatable bonds is 2. The maximum Gasteiger partial charge on any atom is 0.0629 e. The van der Waals surface area contributed by atoms with E-state index in [1.807, 2.05) is 31.2 Å². The molecular weight excluding hydrogens is 388 g/mol. The van der Waals surface area contributed by atoms with Crippen LogP contribution in [-0.4, -0.2) is 4.98 Å². The quantitative estimate of drug-likeness (QED) is 0.662. The van der Waals surface area contributed by atoms with Crippen LogP contribution in [0.1, 0.15) is 24.7 Å². The van der Waals surface area contributed by atoms with Crippen LogP contribution in [0.3, 0.4) is 0 Å². The molecule has 0 aliphatic heterocycles. The molecule has 0 spiro atoms. The first kappa shape index (κ1) is 13.4. The van der Waals surface area contributed by atoms with E-state index in [2.05, 4.69) is 55.2 Å². The van der Waals surface area contributed by atoms with Gasteiger partial charge in [0.05, 0.1) is 5.69 Å². The van der Waals surface area contributed by atoms with E-state index in [4.69, 9.17) is 0 Å². The van der Waals surface area contributed by atoms with Gasteiger partial charge in [-0.3, -0.25) is 4.98 Å². The van der Waals surface area contributed by atoms with Crippen LogP contribution < -0.4 is 0 Å². The number of aromatic nitrogens is 1. The van der Waals surface area contributed by atoms with Gasteiger partial charge in [-0.1, -0.05) is 19.1 Å². The van der Waals surface area contributed by atoms with Crippen molar-refractivity contribution in [2.24, 2.45) is 0 Å². The second-order valence-corrected chi connectivity index (χ2v) is 2.51. The maximum absolute atomic E-state index is 4.32. The Morgan fingerprint density at radius 2 is 2.08 bits per heavy atom. The molecule has 0 bridgehead atoms. The Balaban J connectivity index is 0.000000671. The average molecular weight is 401 g/mol. The lowest BCUT2D eigenvalue weighted by Crippen LogP contribution is -1.82. The molecule has 1 heterocycles. The molecule has 0 aliphatic carbocycles. The fraction of sp³-hybridized carbons (Fsp3) is 0.300. The van der Waals surface area contributed by atoms with Gasteiger partial charge in [0.1, 0.15) is 0 Å². The molecule has 0 aromatic carbocycles. The Labute approximate surface area is 103 Å². The summed E-state index contributed by atoms with van der Waals surface area (Å²) in [6.07, 6.45) is 5.23. The first-order valence-corrected chi connectivity index (χ1v) is 10.4. The number of nitrogens with zero attached hydrogens (tertiary/aromatic N) is 1. The smallest absolute Gasteiger partial charge is 0.0629 e. The molecule has 1 aromatic heterocycles. The SMILES string of the molecule is CC/C=C/c1cccc(C)n1.II. The highest BCUT2D eigenvalue weighted by atomic mass is 128. The van der Waals surface area contributed by atoms with Gasteiger partial charge in [-0.25, -0.2) is 0 Å². The molecular formula is C10H13I2N. The molecule has 0 radical (unpaired) electrons. The Morgan fingerprint density at radius 1 is 1.38 bits per heavy atom. The summed E-state index contributed by atoms with van der Waals surface area (Å²) in [6, 6.07) is 6.04. The zero-order chi connectivity index (χ0) is 10.1. The number of halogens is 2. The number of hydrogen-bond donors (Lipinski definition) is 0. The van der Waals surface area contributed by atoms with Crippen LogP contribution in [0.4, 0.5) is 0 Å². The zero-order valence-corrected chi connectivity index (χ0v) is 12.1. The van der Waals surface area contributed by atoms with Crippen LogP contribution >= 0.6 is 37.2 Å². The maximum atomic E-state index is 4.32. The molecule has 0 amide bonds. The Hall–Kier alpha value is 0.350. The van der Waals surface area contributed by atoms with Crippen molar-refractivity contribution >= 4 is 43.3 Å². The van der Waals surface area contributed by atoms with E-state index in [-0.39, 0.29) is 0 Å². The van der Waals surface area contributed by atoms with Crippen molar-refractivity contribution in [2.45, 2.75) is 20.3 Å². The first-order chi connectivity index (χ1) is 6.33. The van der Waals surface area contributed by atoms with Gasteiger partial charge in [0.2, 0.25) is 0 Å². The summed E-state index contributed by atoms with van der Waals surface area (Å²) in [4.78, 5) is 4.32. The highest BCUT2D eigenvalue weighted by Gasteiger charge is 1.86. The topological polar surface area (TPSA) is 12.9 Å². The molecule has 72 valence electrons. The van der Waals surface area contributed by atoms with Gasteiger partial charge in [0, 0.05) is 42.9 Å². The van der Waals surface area contributed by atoms with Crippen molar-refractivity contribution in [1.29, 1.82) is 0 Å². The van der Waals surface area contributed by atoms with Crippen molar-refractivity contribution in [3.05, 3.63) is 35.7 Å². The molecule has 0 fully saturated rings. The summed E-state index contributed by atoms with van der Waals surface area (Å²) < 4.78 is 0. The van der Waals surface area contributed by atoms with Crippen LogP contribution in [0.25, 0.3) is 6.08 Å². The van der Waals surface area contributed by atoms with Gasteiger partial charge in [-0.05, 0) is 31.6 Å². The van der Waals surface area contributed by atoms with Gasteiger partial charge in [-0.2, -0.15) is 0 Å². The fourth-order valence-electron chi connectivity index (χ4n) is 0.896. The summed E-state index contributed by atoms with van der Waals surface area (Å²) >= 11 is 4.24. The second kappa shape index (κ2) is 8.93. The monoisotopic (exact) mass is 401 g/mol. The third-order valence-electron chi connectivity index (χ3n) is 1.43. The molecule has 0 saturated carbocycles. The summed E-state index contributed by atoms with van der Waals surface area (Å²) in [6.45, 7) is 4.12. The largest absolute Gasteiger partial charge is 0.254 e. The molecule has 0 N–H and O–H groups in total. The third-order valence-corrected chi connectivity index (χ3v) is 1.43. The lowest BCUT2D eigenvalue weighted by Gasteiger charge is -1.93. The van der Waals surface area contributed by atoms with Gasteiger partial charge in [-0.15, -0.1) is 0 Å². The van der Waals surface area contributed by atoms with E-state index in [1.165, 1.54) is 0 Å². The van der Waals surface area contributed by atoms with Gasteiger partial charge >= 0.3 is 0 Å². The summed E-state index contributed by atoms with van der Waals surface area (Å²) in [7, 11) is 0. The van der Waals surface area contributed by atoms with E-state index in [0.29, 0.717) is 0 Å². The number of hydrogen-bond acceptors (Lipinski definition) is 1. The van der Waals surface area contributed by atoms with Crippen LogP contribution in [0.2, 0.25) is 0 Å². The van der Waals surface area contributed by atoms with Gasteiger partial charge in [0.25, 0.3) is 0 Å². The number of pyridine rings is 1. The van der Waals surface area contributed by atoms with Gasteiger partial charge in [0.15, 0.2) is 0 Å². The predicted molar refractivity (Wildman–Crippen MR) is 76.3 cm³/mol. The molecule has 3 heteroatoms. The van der Waals surface area contributed by atoms with Crippen LogP contribution in [0, 0.1) is 6.92 Å². The molecule has 1 aromatic rings. The molecule has 1 rings (SSSR count). The minimum atomic E-state index is 1.05. The van der Waals surface area contributed by atoms with Crippen molar-refractivity contribution < 1.29 is 0 Å². The molecule has 0 aliphatic rings. The lowest BCUT2D eigenvalue weighted by atomic mass is 10.3. The van der Waals surface area contributed by atoms with E-state index >= 15 is 0 Å². The highest BCUT2D eigenvalue weighted by Crippen LogP contribution is 2.00. The molecule has 13 heavy (non-hydrogen) atoms. The average Bonchev–Trinajstić information content (AvgIpc) is 2.18. The fourth-order valence-corrected chi connectivity index (χ4v) is 0.896. The summed E-state index contributed by atoms with van der Waals surface area (Å²) in [5, 5.41) is 0. The van der Waals surface area contributed by atoms with Crippen LogP contribution in [0.15, 0.2) is 24.3 Å². The molecule has 0 saturated heterocycles. The third kappa shape index (κ3) is 6.42. The van der Waals surface area contributed by atoms with Crippen molar-refractivity contribution in [3.8, 4) is 0 Å². The molecule has 0 atom stereocenters. The van der Waals surface area contributed by atoms with Crippen molar-refractivity contribution in [1.82, 2.24) is 4.98 Å². The first-order valence-electron chi connectivity index (χ1n) is 4.07. The minimum Gasteiger partial charge on any atom is -0.254 e. The van der Waals surface area contributed by atoms with Crippen molar-refractivity contribution in [2.75, 3.05) is 0 Å². The second-order valence-electron chi connectivity index (χ2n) is 2.51. The van der Waals surface area contributed by atoms with Crippen LogP contribution in [0.5, 0.6) is 0 Å². The van der Waals surface area contributed by atoms with Crippen molar-refractivity contribution in [3.63, 3.8) is 0 Å². The zero-order valence-electron chi connectivity index (χ0n) is 7.80. The number of allylic oxidation sites excluding steroid dienone is 1. The minimum absolute atomic E-state index is 1.05.